The average Bonchev–Trinajstić information content (AvgIpc) is 2.84. The molecule has 1 aliphatic heterocycles. The lowest BCUT2D eigenvalue weighted by molar-refractivity contribution is 0.159. The van der Waals surface area contributed by atoms with E-state index >= 15 is 0 Å². The molecule has 1 aliphatic rings. The molecule has 1 N–H and O–H groups in total. The molecule has 1 atom stereocenters. The quantitative estimate of drug-likeness (QED) is 0.790. The smallest absolute Gasteiger partial charge is 0.106 e. The van der Waals surface area contributed by atoms with Crippen molar-refractivity contribution in [2.75, 3.05) is 19.6 Å². The number of hydrogen-bond donors (Lipinski definition) is 1. The Labute approximate surface area is 108 Å². The summed E-state index contributed by atoms with van der Waals surface area (Å²) < 4.78 is 0. The molecule has 0 saturated carbocycles. The highest BCUT2D eigenvalue weighted by Gasteiger charge is 2.16. The maximum absolute atomic E-state index is 4.26. The molecule has 4 heteroatoms. The van der Waals surface area contributed by atoms with Gasteiger partial charge in [-0.1, -0.05) is 6.42 Å². The first kappa shape index (κ1) is 13.0. The molecule has 0 bridgehead atoms. The van der Waals surface area contributed by atoms with Crippen molar-refractivity contribution >= 4 is 11.3 Å². The number of thiazole rings is 1. The molecule has 0 aliphatic carbocycles. The molecule has 96 valence electrons. The number of rotatable bonds is 6. The topological polar surface area (TPSA) is 28.2 Å². The predicted octanol–water partition coefficient (Wildman–Crippen LogP) is 2.50. The monoisotopic (exact) mass is 253 g/mol. The molecule has 1 saturated heterocycles. The molecule has 17 heavy (non-hydrogen) atoms. The van der Waals surface area contributed by atoms with Gasteiger partial charge in [0.05, 0.1) is 0 Å². The number of nitrogens with one attached hydrogen (secondary N) is 1. The highest BCUT2D eigenvalue weighted by molar-refractivity contribution is 7.09. The van der Waals surface area contributed by atoms with Crippen LogP contribution in [0.25, 0.3) is 0 Å². The highest BCUT2D eigenvalue weighted by atomic mass is 32.1. The standard InChI is InChI=1S/C13H23N3S/c1-12-5-2-3-8-16(12)9-4-6-14-11-13-15-7-10-17-13/h7,10,12,14H,2-6,8-9,11H2,1H3. The van der Waals surface area contributed by atoms with E-state index in [1.54, 1.807) is 11.3 Å². The number of hydrogen-bond acceptors (Lipinski definition) is 4. The third-order valence-electron chi connectivity index (χ3n) is 3.50. The van der Waals surface area contributed by atoms with Crippen LogP contribution in [0.5, 0.6) is 0 Å². The summed E-state index contributed by atoms with van der Waals surface area (Å²) in [5.41, 5.74) is 0. The number of likely N-dealkylation sites (tertiary alicyclic amines) is 1. The lowest BCUT2D eigenvalue weighted by Crippen LogP contribution is -2.38. The van der Waals surface area contributed by atoms with E-state index in [9.17, 15) is 0 Å². The molecule has 2 heterocycles. The van der Waals surface area contributed by atoms with Gasteiger partial charge in [0.2, 0.25) is 0 Å². The van der Waals surface area contributed by atoms with Crippen molar-refractivity contribution in [2.24, 2.45) is 0 Å². The third kappa shape index (κ3) is 4.37. The van der Waals surface area contributed by atoms with Crippen LogP contribution < -0.4 is 5.32 Å². The number of aromatic nitrogens is 1. The van der Waals surface area contributed by atoms with Crippen LogP contribution in [-0.4, -0.2) is 35.6 Å². The molecule has 1 aromatic rings. The average molecular weight is 253 g/mol. The molecule has 0 aromatic carbocycles. The zero-order valence-corrected chi connectivity index (χ0v) is 11.5. The fourth-order valence-electron chi connectivity index (χ4n) is 2.43. The summed E-state index contributed by atoms with van der Waals surface area (Å²) in [5.74, 6) is 0. The minimum Gasteiger partial charge on any atom is -0.310 e. The Kier molecular flexibility index (Phi) is 5.42. The van der Waals surface area contributed by atoms with Crippen molar-refractivity contribution in [3.05, 3.63) is 16.6 Å². The maximum atomic E-state index is 4.26. The summed E-state index contributed by atoms with van der Waals surface area (Å²) in [7, 11) is 0. The first-order valence-electron chi connectivity index (χ1n) is 6.69. The van der Waals surface area contributed by atoms with E-state index < -0.39 is 0 Å². The van der Waals surface area contributed by atoms with Crippen LogP contribution in [0, 0.1) is 0 Å². The Balaban J connectivity index is 1.53. The molecule has 0 radical (unpaired) electrons. The number of piperidine rings is 1. The SMILES string of the molecule is CC1CCCCN1CCCNCc1nccs1. The summed E-state index contributed by atoms with van der Waals surface area (Å²) in [6.07, 6.45) is 7.30. The highest BCUT2D eigenvalue weighted by Crippen LogP contribution is 2.16. The largest absolute Gasteiger partial charge is 0.310 e. The van der Waals surface area contributed by atoms with Crippen LogP contribution in [0.15, 0.2) is 11.6 Å². The Morgan fingerprint density at radius 3 is 3.24 bits per heavy atom. The van der Waals surface area contributed by atoms with Crippen LogP contribution >= 0.6 is 11.3 Å². The van der Waals surface area contributed by atoms with Gasteiger partial charge in [0.15, 0.2) is 0 Å². The van der Waals surface area contributed by atoms with Gasteiger partial charge in [0.25, 0.3) is 0 Å². The van der Waals surface area contributed by atoms with Gasteiger partial charge >= 0.3 is 0 Å². The Hall–Kier alpha value is -0.450. The van der Waals surface area contributed by atoms with Crippen LogP contribution in [0.1, 0.15) is 37.6 Å². The second-order valence-electron chi connectivity index (χ2n) is 4.84. The van der Waals surface area contributed by atoms with E-state index in [0.717, 1.165) is 19.1 Å². The predicted molar refractivity (Wildman–Crippen MR) is 73.3 cm³/mol. The van der Waals surface area contributed by atoms with Crippen molar-refractivity contribution < 1.29 is 0 Å². The van der Waals surface area contributed by atoms with Gasteiger partial charge in [0.1, 0.15) is 5.01 Å². The Morgan fingerprint density at radius 2 is 2.47 bits per heavy atom. The molecule has 2 rings (SSSR count). The lowest BCUT2D eigenvalue weighted by Gasteiger charge is -2.33. The number of nitrogens with zero attached hydrogens (tertiary/aromatic N) is 2. The van der Waals surface area contributed by atoms with Gasteiger partial charge in [0, 0.05) is 24.2 Å². The van der Waals surface area contributed by atoms with Crippen molar-refractivity contribution in [3.63, 3.8) is 0 Å². The zero-order chi connectivity index (χ0) is 11.9. The van der Waals surface area contributed by atoms with Crippen molar-refractivity contribution in [2.45, 2.75) is 45.2 Å². The first-order chi connectivity index (χ1) is 8.36. The van der Waals surface area contributed by atoms with Gasteiger partial charge in [-0.25, -0.2) is 4.98 Å². The van der Waals surface area contributed by atoms with Crippen LogP contribution in [0.4, 0.5) is 0 Å². The van der Waals surface area contributed by atoms with E-state index in [4.69, 9.17) is 0 Å². The normalized spacial score (nSPS) is 21.8. The summed E-state index contributed by atoms with van der Waals surface area (Å²) in [5, 5.41) is 6.69. The van der Waals surface area contributed by atoms with Crippen molar-refractivity contribution in [1.29, 1.82) is 0 Å². The van der Waals surface area contributed by atoms with E-state index in [-0.39, 0.29) is 0 Å². The van der Waals surface area contributed by atoms with E-state index in [1.165, 1.54) is 43.8 Å². The van der Waals surface area contributed by atoms with Gasteiger partial charge in [-0.15, -0.1) is 11.3 Å². The summed E-state index contributed by atoms with van der Waals surface area (Å²) in [6, 6.07) is 0.794. The minimum absolute atomic E-state index is 0.794. The second kappa shape index (κ2) is 7.09. The van der Waals surface area contributed by atoms with E-state index in [1.807, 2.05) is 11.6 Å². The van der Waals surface area contributed by atoms with Crippen LogP contribution in [0.2, 0.25) is 0 Å². The van der Waals surface area contributed by atoms with Gasteiger partial charge in [-0.2, -0.15) is 0 Å². The second-order valence-corrected chi connectivity index (χ2v) is 5.82. The molecule has 3 nitrogen and oxygen atoms in total. The van der Waals surface area contributed by atoms with Gasteiger partial charge < -0.3 is 10.2 Å². The Morgan fingerprint density at radius 1 is 1.53 bits per heavy atom. The molecule has 1 fully saturated rings. The van der Waals surface area contributed by atoms with Crippen LogP contribution in [-0.2, 0) is 6.54 Å². The molecule has 1 unspecified atom stereocenters. The molecular weight excluding hydrogens is 230 g/mol. The Bertz CT molecular complexity index is 300. The van der Waals surface area contributed by atoms with Crippen LogP contribution in [0.3, 0.4) is 0 Å². The van der Waals surface area contributed by atoms with Gasteiger partial charge in [-0.3, -0.25) is 0 Å². The lowest BCUT2D eigenvalue weighted by atomic mass is 10.0. The van der Waals surface area contributed by atoms with E-state index in [2.05, 4.69) is 22.1 Å². The van der Waals surface area contributed by atoms with Crippen molar-refractivity contribution in [3.8, 4) is 0 Å². The maximum Gasteiger partial charge on any atom is 0.106 e. The third-order valence-corrected chi connectivity index (χ3v) is 4.28. The molecule has 0 spiro atoms. The molecular formula is C13H23N3S. The molecule has 0 amide bonds. The zero-order valence-electron chi connectivity index (χ0n) is 10.7. The van der Waals surface area contributed by atoms with Gasteiger partial charge in [-0.05, 0) is 45.8 Å². The summed E-state index contributed by atoms with van der Waals surface area (Å²) in [6.45, 7) is 6.93. The summed E-state index contributed by atoms with van der Waals surface area (Å²) in [4.78, 5) is 6.89. The minimum atomic E-state index is 0.794. The fraction of sp³-hybridized carbons (Fsp3) is 0.769. The molecule has 1 aromatic heterocycles. The summed E-state index contributed by atoms with van der Waals surface area (Å²) >= 11 is 1.73. The van der Waals surface area contributed by atoms with E-state index in [0.29, 0.717) is 0 Å². The fourth-order valence-corrected chi connectivity index (χ4v) is 3.02. The first-order valence-corrected chi connectivity index (χ1v) is 7.57. The van der Waals surface area contributed by atoms with Crippen molar-refractivity contribution in [1.82, 2.24) is 15.2 Å².